The van der Waals surface area contributed by atoms with Crippen LogP contribution in [0, 0.1) is 0 Å². The lowest BCUT2D eigenvalue weighted by Crippen LogP contribution is -2.31. The summed E-state index contributed by atoms with van der Waals surface area (Å²) in [5, 5.41) is 5.10. The molecule has 0 unspecified atom stereocenters. The lowest BCUT2D eigenvalue weighted by molar-refractivity contribution is -0.120. The molecule has 0 atom stereocenters. The van der Waals surface area contributed by atoms with Crippen LogP contribution >= 0.6 is 0 Å². The summed E-state index contributed by atoms with van der Waals surface area (Å²) in [5.41, 5.74) is 2.40. The Balaban J connectivity index is 1.36. The first-order valence-electron chi connectivity index (χ1n) is 9.56. The number of rotatable bonds is 6. The van der Waals surface area contributed by atoms with Crippen LogP contribution in [-0.2, 0) is 17.8 Å². The largest absolute Gasteiger partial charge is 0.354 e. The van der Waals surface area contributed by atoms with E-state index in [1.165, 1.54) is 17.0 Å². The summed E-state index contributed by atoms with van der Waals surface area (Å²) in [4.78, 5) is 29.1. The van der Waals surface area contributed by atoms with Crippen molar-refractivity contribution in [3.05, 3.63) is 101 Å². The number of hydrogen-bond donors (Lipinski definition) is 1. The number of benzene rings is 3. The Morgan fingerprint density at radius 3 is 2.52 bits per heavy atom. The van der Waals surface area contributed by atoms with Gasteiger partial charge in [-0.05, 0) is 16.3 Å². The number of amides is 1. The predicted octanol–water partition coefficient (Wildman–Crippen LogP) is 3.42. The standard InChI is InChI=1S/C24H21N3O2/c28-23(15-20-11-6-10-18-7-4-5-12-21(18)20)25-13-14-27-17-26-22(16-24(27)29)19-8-2-1-3-9-19/h1-12,16-17H,13-15H2,(H,25,28). The molecule has 1 amide bonds. The van der Waals surface area contributed by atoms with Crippen LogP contribution in [0.25, 0.3) is 22.0 Å². The summed E-state index contributed by atoms with van der Waals surface area (Å²) in [6.07, 6.45) is 1.84. The molecule has 0 spiro atoms. The molecule has 1 heterocycles. The average Bonchev–Trinajstić information content (AvgIpc) is 2.76. The van der Waals surface area contributed by atoms with Crippen LogP contribution in [-0.4, -0.2) is 22.0 Å². The maximum Gasteiger partial charge on any atom is 0.253 e. The van der Waals surface area contributed by atoms with Crippen LogP contribution in [0.1, 0.15) is 5.56 Å². The van der Waals surface area contributed by atoms with Crippen molar-refractivity contribution in [3.8, 4) is 11.3 Å². The third kappa shape index (κ3) is 4.41. The number of aromatic nitrogens is 2. The van der Waals surface area contributed by atoms with Gasteiger partial charge in [0.1, 0.15) is 0 Å². The van der Waals surface area contributed by atoms with Gasteiger partial charge in [-0.15, -0.1) is 0 Å². The van der Waals surface area contributed by atoms with E-state index in [0.29, 0.717) is 25.2 Å². The van der Waals surface area contributed by atoms with E-state index in [0.717, 1.165) is 21.9 Å². The lowest BCUT2D eigenvalue weighted by Gasteiger charge is -2.09. The van der Waals surface area contributed by atoms with Crippen molar-refractivity contribution in [1.29, 1.82) is 0 Å². The number of carbonyl (C=O) groups is 1. The molecule has 5 heteroatoms. The van der Waals surface area contributed by atoms with Gasteiger partial charge < -0.3 is 5.32 Å². The first kappa shape index (κ1) is 18.6. The summed E-state index contributed by atoms with van der Waals surface area (Å²) in [6.45, 7) is 0.748. The molecule has 0 aliphatic heterocycles. The smallest absolute Gasteiger partial charge is 0.253 e. The molecule has 4 rings (SSSR count). The van der Waals surface area contributed by atoms with Gasteiger partial charge in [-0.2, -0.15) is 0 Å². The van der Waals surface area contributed by atoms with E-state index >= 15 is 0 Å². The summed E-state index contributed by atoms with van der Waals surface area (Å²) < 4.78 is 1.50. The minimum absolute atomic E-state index is 0.0664. The normalized spacial score (nSPS) is 10.8. The van der Waals surface area contributed by atoms with Crippen LogP contribution in [0.3, 0.4) is 0 Å². The van der Waals surface area contributed by atoms with Crippen LogP contribution in [0.15, 0.2) is 90.0 Å². The summed E-state index contributed by atoms with van der Waals surface area (Å²) >= 11 is 0. The first-order chi connectivity index (χ1) is 14.2. The molecule has 0 saturated carbocycles. The van der Waals surface area contributed by atoms with E-state index in [1.54, 1.807) is 0 Å². The Morgan fingerprint density at radius 2 is 1.69 bits per heavy atom. The second kappa shape index (κ2) is 8.52. The summed E-state index contributed by atoms with van der Waals surface area (Å²) in [5.74, 6) is -0.0664. The highest BCUT2D eigenvalue weighted by Gasteiger charge is 2.07. The molecule has 3 aromatic carbocycles. The Kier molecular flexibility index (Phi) is 5.47. The molecule has 0 saturated heterocycles. The average molecular weight is 383 g/mol. The third-order valence-corrected chi connectivity index (χ3v) is 4.85. The van der Waals surface area contributed by atoms with Gasteiger partial charge in [0.05, 0.1) is 18.4 Å². The van der Waals surface area contributed by atoms with E-state index in [9.17, 15) is 9.59 Å². The zero-order valence-corrected chi connectivity index (χ0v) is 15.9. The number of hydrogen-bond acceptors (Lipinski definition) is 3. The Labute approximate surface area is 168 Å². The monoisotopic (exact) mass is 383 g/mol. The topological polar surface area (TPSA) is 64.0 Å². The molecule has 5 nitrogen and oxygen atoms in total. The molecule has 144 valence electrons. The molecule has 1 N–H and O–H groups in total. The van der Waals surface area contributed by atoms with Crippen molar-refractivity contribution in [3.63, 3.8) is 0 Å². The van der Waals surface area contributed by atoms with Crippen molar-refractivity contribution < 1.29 is 4.79 Å². The second-order valence-electron chi connectivity index (χ2n) is 6.84. The van der Waals surface area contributed by atoms with Crippen LogP contribution < -0.4 is 10.9 Å². The molecular weight excluding hydrogens is 362 g/mol. The van der Waals surface area contributed by atoms with Gasteiger partial charge in [0.2, 0.25) is 5.91 Å². The number of fused-ring (bicyclic) bond motifs is 1. The predicted molar refractivity (Wildman–Crippen MR) is 115 cm³/mol. The van der Waals surface area contributed by atoms with Crippen LogP contribution in [0.4, 0.5) is 0 Å². The van der Waals surface area contributed by atoms with Crippen molar-refractivity contribution in [2.45, 2.75) is 13.0 Å². The molecular formula is C24H21N3O2. The zero-order valence-electron chi connectivity index (χ0n) is 15.9. The van der Waals surface area contributed by atoms with E-state index in [1.807, 2.05) is 72.8 Å². The van der Waals surface area contributed by atoms with Crippen molar-refractivity contribution in [1.82, 2.24) is 14.9 Å². The first-order valence-corrected chi connectivity index (χ1v) is 9.56. The van der Waals surface area contributed by atoms with Crippen molar-refractivity contribution in [2.24, 2.45) is 0 Å². The lowest BCUT2D eigenvalue weighted by atomic mass is 10.0. The SMILES string of the molecule is O=C(Cc1cccc2ccccc12)NCCn1cnc(-c2ccccc2)cc1=O. The van der Waals surface area contributed by atoms with Gasteiger partial charge in [-0.3, -0.25) is 14.2 Å². The van der Waals surface area contributed by atoms with E-state index < -0.39 is 0 Å². The molecule has 4 aromatic rings. The highest BCUT2D eigenvalue weighted by molar-refractivity contribution is 5.90. The minimum atomic E-state index is -0.137. The van der Waals surface area contributed by atoms with Gasteiger partial charge in [0.15, 0.2) is 0 Å². The molecule has 1 aromatic heterocycles. The number of nitrogens with zero attached hydrogens (tertiary/aromatic N) is 2. The molecule has 0 fully saturated rings. The molecule has 0 aliphatic rings. The van der Waals surface area contributed by atoms with Gasteiger partial charge in [0, 0.05) is 24.7 Å². The fraction of sp³-hybridized carbons (Fsp3) is 0.125. The van der Waals surface area contributed by atoms with Gasteiger partial charge in [-0.25, -0.2) is 4.98 Å². The fourth-order valence-electron chi connectivity index (χ4n) is 3.36. The minimum Gasteiger partial charge on any atom is -0.354 e. The van der Waals surface area contributed by atoms with E-state index in [-0.39, 0.29) is 11.5 Å². The molecule has 0 bridgehead atoms. The van der Waals surface area contributed by atoms with Crippen LogP contribution in [0.2, 0.25) is 0 Å². The highest BCUT2D eigenvalue weighted by Crippen LogP contribution is 2.18. The zero-order chi connectivity index (χ0) is 20.1. The Morgan fingerprint density at radius 1 is 0.931 bits per heavy atom. The number of carbonyl (C=O) groups excluding carboxylic acids is 1. The van der Waals surface area contributed by atoms with E-state index in [2.05, 4.69) is 10.3 Å². The molecule has 0 radical (unpaired) electrons. The third-order valence-electron chi connectivity index (χ3n) is 4.85. The highest BCUT2D eigenvalue weighted by atomic mass is 16.1. The van der Waals surface area contributed by atoms with Crippen molar-refractivity contribution in [2.75, 3.05) is 6.54 Å². The fourth-order valence-corrected chi connectivity index (χ4v) is 3.36. The van der Waals surface area contributed by atoms with Gasteiger partial charge in [0.25, 0.3) is 5.56 Å². The second-order valence-corrected chi connectivity index (χ2v) is 6.84. The van der Waals surface area contributed by atoms with Crippen LogP contribution in [0.5, 0.6) is 0 Å². The Hall–Kier alpha value is -3.73. The summed E-state index contributed by atoms with van der Waals surface area (Å²) in [7, 11) is 0. The van der Waals surface area contributed by atoms with Gasteiger partial charge >= 0.3 is 0 Å². The Bertz CT molecular complexity index is 1190. The van der Waals surface area contributed by atoms with Gasteiger partial charge in [-0.1, -0.05) is 72.8 Å². The van der Waals surface area contributed by atoms with Crippen molar-refractivity contribution >= 4 is 16.7 Å². The molecule has 29 heavy (non-hydrogen) atoms. The number of nitrogens with one attached hydrogen (secondary N) is 1. The quantitative estimate of drug-likeness (QED) is 0.555. The summed E-state index contributed by atoms with van der Waals surface area (Å²) in [6, 6.07) is 25.1. The van der Waals surface area contributed by atoms with E-state index in [4.69, 9.17) is 0 Å². The maximum atomic E-state index is 12.4. The molecule has 0 aliphatic carbocycles. The maximum absolute atomic E-state index is 12.4.